The highest BCUT2D eigenvalue weighted by Gasteiger charge is 2.03. The van der Waals surface area contributed by atoms with E-state index in [9.17, 15) is 0 Å². The van der Waals surface area contributed by atoms with Gasteiger partial charge in [0, 0.05) is 17.6 Å². The maximum Gasteiger partial charge on any atom is 0.101 e. The van der Waals surface area contributed by atoms with Crippen molar-refractivity contribution in [2.24, 2.45) is 0 Å². The quantitative estimate of drug-likeness (QED) is 0.799. The minimum atomic E-state index is 0.898. The largest absolute Gasteiger partial charge is 0.313 e. The summed E-state index contributed by atoms with van der Waals surface area (Å²) >= 11 is 1.73. The van der Waals surface area contributed by atoms with Crippen molar-refractivity contribution in [3.8, 4) is 0 Å². The Morgan fingerprint density at radius 2 is 2.00 bits per heavy atom. The molecule has 0 aliphatic carbocycles. The first-order valence-corrected chi connectivity index (χ1v) is 7.91. The molecule has 1 N–H and O–H groups in total. The zero-order valence-electron chi connectivity index (χ0n) is 12.4. The van der Waals surface area contributed by atoms with Crippen LogP contribution < -0.4 is 5.32 Å². The lowest BCUT2D eigenvalue weighted by Crippen LogP contribution is -2.13. The number of aryl methyl sites for hydroxylation is 2. The van der Waals surface area contributed by atoms with Gasteiger partial charge in [0.2, 0.25) is 0 Å². The van der Waals surface area contributed by atoms with E-state index < -0.39 is 0 Å². The van der Waals surface area contributed by atoms with Crippen LogP contribution in [0.1, 0.15) is 30.0 Å². The Kier molecular flexibility index (Phi) is 5.62. The van der Waals surface area contributed by atoms with E-state index in [2.05, 4.69) is 61.4 Å². The van der Waals surface area contributed by atoms with E-state index >= 15 is 0 Å². The number of pyridine rings is 1. The molecule has 2 nitrogen and oxygen atoms in total. The zero-order valence-corrected chi connectivity index (χ0v) is 13.3. The summed E-state index contributed by atoms with van der Waals surface area (Å²) in [5.74, 6) is 0. The Morgan fingerprint density at radius 1 is 1.15 bits per heavy atom. The van der Waals surface area contributed by atoms with Crippen molar-refractivity contribution in [2.45, 2.75) is 43.7 Å². The molecular weight excluding hydrogens is 264 g/mol. The molecule has 0 unspecified atom stereocenters. The van der Waals surface area contributed by atoms with Crippen LogP contribution in [0.4, 0.5) is 0 Å². The number of hydrogen-bond donors (Lipinski definition) is 1. The van der Waals surface area contributed by atoms with Gasteiger partial charge < -0.3 is 5.32 Å². The molecule has 3 heteroatoms. The van der Waals surface area contributed by atoms with Gasteiger partial charge in [-0.05, 0) is 50.1 Å². The summed E-state index contributed by atoms with van der Waals surface area (Å²) in [6.45, 7) is 8.40. The van der Waals surface area contributed by atoms with Crippen molar-refractivity contribution in [3.05, 3.63) is 53.2 Å². The number of nitrogens with one attached hydrogen (secondary N) is 1. The summed E-state index contributed by atoms with van der Waals surface area (Å²) in [6, 6.07) is 10.8. The Labute approximate surface area is 126 Å². The maximum absolute atomic E-state index is 4.54. The molecule has 0 aliphatic heterocycles. The Bertz CT molecular complexity index is 549. The van der Waals surface area contributed by atoms with Crippen LogP contribution in [-0.4, -0.2) is 11.5 Å². The summed E-state index contributed by atoms with van der Waals surface area (Å²) in [7, 11) is 0. The standard InChI is InChI=1S/C17H22N2S/c1-4-9-18-11-15-6-8-17(19-12-15)20-16-7-5-13(2)10-14(16)3/h5-8,10,12,18H,4,9,11H2,1-3H3. The van der Waals surface area contributed by atoms with E-state index in [-0.39, 0.29) is 0 Å². The van der Waals surface area contributed by atoms with Gasteiger partial charge in [-0.3, -0.25) is 0 Å². The first-order valence-electron chi connectivity index (χ1n) is 7.10. The average Bonchev–Trinajstić information content (AvgIpc) is 2.44. The molecule has 0 aliphatic rings. The fourth-order valence-electron chi connectivity index (χ4n) is 2.01. The van der Waals surface area contributed by atoms with Crippen molar-refractivity contribution in [2.75, 3.05) is 6.54 Å². The van der Waals surface area contributed by atoms with Crippen LogP contribution in [0.25, 0.3) is 0 Å². The van der Waals surface area contributed by atoms with E-state index in [4.69, 9.17) is 0 Å². The van der Waals surface area contributed by atoms with Crippen molar-refractivity contribution in [1.82, 2.24) is 10.3 Å². The maximum atomic E-state index is 4.54. The van der Waals surface area contributed by atoms with Gasteiger partial charge in [-0.15, -0.1) is 0 Å². The number of nitrogens with zero attached hydrogens (tertiary/aromatic N) is 1. The SMILES string of the molecule is CCCNCc1ccc(Sc2ccc(C)cc2C)nc1. The van der Waals surface area contributed by atoms with E-state index in [0.29, 0.717) is 0 Å². The highest BCUT2D eigenvalue weighted by molar-refractivity contribution is 7.99. The number of hydrogen-bond acceptors (Lipinski definition) is 3. The van der Waals surface area contributed by atoms with Crippen LogP contribution in [0.5, 0.6) is 0 Å². The molecule has 106 valence electrons. The fraction of sp³-hybridized carbons (Fsp3) is 0.353. The van der Waals surface area contributed by atoms with Crippen molar-refractivity contribution >= 4 is 11.8 Å². The smallest absolute Gasteiger partial charge is 0.101 e. The van der Waals surface area contributed by atoms with Crippen LogP contribution in [0.15, 0.2) is 46.5 Å². The van der Waals surface area contributed by atoms with E-state index in [0.717, 1.165) is 24.5 Å². The monoisotopic (exact) mass is 286 g/mol. The molecule has 0 spiro atoms. The molecule has 0 saturated carbocycles. The third kappa shape index (κ3) is 4.36. The molecule has 2 rings (SSSR count). The molecule has 0 bridgehead atoms. The number of benzene rings is 1. The molecule has 0 radical (unpaired) electrons. The van der Waals surface area contributed by atoms with Crippen LogP contribution in [-0.2, 0) is 6.54 Å². The molecule has 1 aromatic heterocycles. The second-order valence-corrected chi connectivity index (χ2v) is 6.11. The molecule has 0 amide bonds. The van der Waals surface area contributed by atoms with Gasteiger partial charge in [0.25, 0.3) is 0 Å². The van der Waals surface area contributed by atoms with Gasteiger partial charge in [0.05, 0.1) is 0 Å². The molecule has 0 fully saturated rings. The third-order valence-corrected chi connectivity index (χ3v) is 4.23. The Hall–Kier alpha value is -1.32. The number of aromatic nitrogens is 1. The summed E-state index contributed by atoms with van der Waals surface area (Å²) in [4.78, 5) is 5.82. The molecule has 0 saturated heterocycles. The summed E-state index contributed by atoms with van der Waals surface area (Å²) in [5.41, 5.74) is 3.85. The predicted molar refractivity (Wildman–Crippen MR) is 86.3 cm³/mol. The molecule has 1 aromatic carbocycles. The molecular formula is C17H22N2S. The van der Waals surface area contributed by atoms with E-state index in [1.54, 1.807) is 11.8 Å². The van der Waals surface area contributed by atoms with Crippen molar-refractivity contribution in [3.63, 3.8) is 0 Å². The van der Waals surface area contributed by atoms with Gasteiger partial charge in [-0.25, -0.2) is 4.98 Å². The molecule has 1 heterocycles. The summed E-state index contributed by atoms with van der Waals surface area (Å²) < 4.78 is 0. The van der Waals surface area contributed by atoms with Crippen LogP contribution in [0.3, 0.4) is 0 Å². The lowest BCUT2D eigenvalue weighted by molar-refractivity contribution is 0.673. The van der Waals surface area contributed by atoms with E-state index in [1.165, 1.54) is 21.6 Å². The summed E-state index contributed by atoms with van der Waals surface area (Å²) in [5, 5.41) is 4.44. The van der Waals surface area contributed by atoms with Crippen LogP contribution in [0.2, 0.25) is 0 Å². The predicted octanol–water partition coefficient (Wildman–Crippen LogP) is 4.35. The molecule has 0 atom stereocenters. The first kappa shape index (κ1) is 15.1. The normalized spacial score (nSPS) is 10.8. The summed E-state index contributed by atoms with van der Waals surface area (Å²) in [6.07, 6.45) is 3.13. The molecule has 20 heavy (non-hydrogen) atoms. The lowest BCUT2D eigenvalue weighted by Gasteiger charge is -2.07. The lowest BCUT2D eigenvalue weighted by atomic mass is 10.2. The van der Waals surface area contributed by atoms with Crippen LogP contribution >= 0.6 is 11.8 Å². The van der Waals surface area contributed by atoms with Crippen molar-refractivity contribution < 1.29 is 0 Å². The second-order valence-electron chi connectivity index (χ2n) is 5.05. The van der Waals surface area contributed by atoms with Gasteiger partial charge in [0.1, 0.15) is 5.03 Å². The minimum absolute atomic E-state index is 0.898. The van der Waals surface area contributed by atoms with Gasteiger partial charge in [-0.1, -0.05) is 42.4 Å². The average molecular weight is 286 g/mol. The number of rotatable bonds is 6. The van der Waals surface area contributed by atoms with E-state index in [1.807, 2.05) is 6.20 Å². The molecule has 2 aromatic rings. The highest BCUT2D eigenvalue weighted by Crippen LogP contribution is 2.29. The Balaban J connectivity index is 1.99. The Morgan fingerprint density at radius 3 is 2.65 bits per heavy atom. The second kappa shape index (κ2) is 7.46. The highest BCUT2D eigenvalue weighted by atomic mass is 32.2. The van der Waals surface area contributed by atoms with Gasteiger partial charge in [-0.2, -0.15) is 0 Å². The zero-order chi connectivity index (χ0) is 14.4. The topological polar surface area (TPSA) is 24.9 Å². The minimum Gasteiger partial charge on any atom is -0.313 e. The fourth-order valence-corrected chi connectivity index (χ4v) is 2.83. The van der Waals surface area contributed by atoms with Crippen molar-refractivity contribution in [1.29, 1.82) is 0 Å². The van der Waals surface area contributed by atoms with Gasteiger partial charge in [0.15, 0.2) is 0 Å². The third-order valence-electron chi connectivity index (χ3n) is 3.10. The van der Waals surface area contributed by atoms with Gasteiger partial charge >= 0.3 is 0 Å². The first-order chi connectivity index (χ1) is 9.69. The van der Waals surface area contributed by atoms with Crippen LogP contribution in [0, 0.1) is 13.8 Å².